The predicted molar refractivity (Wildman–Crippen MR) is 87.3 cm³/mol. The van der Waals surface area contributed by atoms with Crippen molar-refractivity contribution in [2.45, 2.75) is 20.8 Å². The molecular formula is C15H22N4O3S. The van der Waals surface area contributed by atoms with E-state index < -0.39 is 5.92 Å². The van der Waals surface area contributed by atoms with E-state index in [-0.39, 0.29) is 17.7 Å². The zero-order valence-electron chi connectivity index (χ0n) is 13.9. The standard InChI is InChI=1S/C15H22N4O3S/c1-9-13(23-10(2)17-9)15(22)19-6-5-18(11(3)20)7-12(8-19)14(21)16-4/h12H,5-8H2,1-4H3,(H,16,21)/t12-/m0/s1. The summed E-state index contributed by atoms with van der Waals surface area (Å²) in [6, 6.07) is 0. The van der Waals surface area contributed by atoms with Crippen LogP contribution in [0.1, 0.15) is 27.3 Å². The van der Waals surface area contributed by atoms with Crippen LogP contribution in [0.3, 0.4) is 0 Å². The van der Waals surface area contributed by atoms with Crippen LogP contribution in [0.2, 0.25) is 0 Å². The molecule has 1 atom stereocenters. The smallest absolute Gasteiger partial charge is 0.265 e. The third kappa shape index (κ3) is 3.87. The second-order valence-electron chi connectivity index (χ2n) is 5.67. The van der Waals surface area contributed by atoms with Crippen LogP contribution in [0, 0.1) is 19.8 Å². The molecule has 0 unspecified atom stereocenters. The van der Waals surface area contributed by atoms with Gasteiger partial charge in [-0.05, 0) is 13.8 Å². The number of amides is 3. The molecule has 1 aromatic rings. The van der Waals surface area contributed by atoms with Gasteiger partial charge in [0.2, 0.25) is 11.8 Å². The van der Waals surface area contributed by atoms with Crippen molar-refractivity contribution in [3.63, 3.8) is 0 Å². The van der Waals surface area contributed by atoms with Gasteiger partial charge in [-0.3, -0.25) is 14.4 Å². The number of nitrogens with one attached hydrogen (secondary N) is 1. The van der Waals surface area contributed by atoms with Gasteiger partial charge in [-0.1, -0.05) is 0 Å². The quantitative estimate of drug-likeness (QED) is 0.847. The number of nitrogens with zero attached hydrogens (tertiary/aromatic N) is 3. The van der Waals surface area contributed by atoms with Gasteiger partial charge in [-0.25, -0.2) is 4.98 Å². The molecule has 1 aromatic heterocycles. The van der Waals surface area contributed by atoms with E-state index in [9.17, 15) is 14.4 Å². The van der Waals surface area contributed by atoms with Crippen LogP contribution >= 0.6 is 11.3 Å². The number of hydrogen-bond donors (Lipinski definition) is 1. The molecule has 0 spiro atoms. The summed E-state index contributed by atoms with van der Waals surface area (Å²) >= 11 is 1.36. The fraction of sp³-hybridized carbons (Fsp3) is 0.600. The summed E-state index contributed by atoms with van der Waals surface area (Å²) in [5.41, 5.74) is 0.710. The Morgan fingerprint density at radius 1 is 1.17 bits per heavy atom. The van der Waals surface area contributed by atoms with E-state index in [1.165, 1.54) is 18.3 Å². The second kappa shape index (κ2) is 7.08. The van der Waals surface area contributed by atoms with Gasteiger partial charge in [0.15, 0.2) is 0 Å². The monoisotopic (exact) mass is 338 g/mol. The number of aromatic nitrogens is 1. The van der Waals surface area contributed by atoms with Crippen LogP contribution in [0.15, 0.2) is 0 Å². The van der Waals surface area contributed by atoms with Gasteiger partial charge in [0.05, 0.1) is 16.6 Å². The first-order valence-corrected chi connectivity index (χ1v) is 8.35. The van der Waals surface area contributed by atoms with Gasteiger partial charge < -0.3 is 15.1 Å². The van der Waals surface area contributed by atoms with Crippen LogP contribution in [0.25, 0.3) is 0 Å². The highest BCUT2D eigenvalue weighted by molar-refractivity contribution is 7.13. The van der Waals surface area contributed by atoms with Crippen LogP contribution in [-0.4, -0.2) is 65.7 Å². The number of carbonyl (C=O) groups excluding carboxylic acids is 3. The Kier molecular flexibility index (Phi) is 5.35. The van der Waals surface area contributed by atoms with E-state index in [0.29, 0.717) is 36.8 Å². The molecular weight excluding hydrogens is 316 g/mol. The summed E-state index contributed by atoms with van der Waals surface area (Å²) in [5.74, 6) is -0.789. The van der Waals surface area contributed by atoms with Crippen molar-refractivity contribution in [2.24, 2.45) is 5.92 Å². The molecule has 0 aliphatic carbocycles. The number of hydrogen-bond acceptors (Lipinski definition) is 5. The number of rotatable bonds is 2. The largest absolute Gasteiger partial charge is 0.359 e. The lowest BCUT2D eigenvalue weighted by atomic mass is 10.1. The van der Waals surface area contributed by atoms with Crippen LogP contribution in [0.5, 0.6) is 0 Å². The summed E-state index contributed by atoms with van der Waals surface area (Å²) in [6.45, 7) is 6.65. The maximum absolute atomic E-state index is 12.8. The molecule has 1 N–H and O–H groups in total. The molecule has 3 amide bonds. The zero-order chi connectivity index (χ0) is 17.1. The van der Waals surface area contributed by atoms with Crippen LogP contribution in [-0.2, 0) is 9.59 Å². The van der Waals surface area contributed by atoms with Crippen molar-refractivity contribution in [2.75, 3.05) is 33.2 Å². The lowest BCUT2D eigenvalue weighted by Crippen LogP contribution is -2.42. The van der Waals surface area contributed by atoms with E-state index in [0.717, 1.165) is 5.01 Å². The van der Waals surface area contributed by atoms with Gasteiger partial charge in [-0.2, -0.15) is 0 Å². The number of carbonyl (C=O) groups is 3. The minimum atomic E-state index is -0.426. The molecule has 2 rings (SSSR count). The molecule has 1 fully saturated rings. The predicted octanol–water partition coefficient (Wildman–Crippen LogP) is 0.426. The minimum Gasteiger partial charge on any atom is -0.359 e. The number of aryl methyl sites for hydroxylation is 2. The van der Waals surface area contributed by atoms with Crippen molar-refractivity contribution < 1.29 is 14.4 Å². The highest BCUT2D eigenvalue weighted by Crippen LogP contribution is 2.21. The van der Waals surface area contributed by atoms with Gasteiger partial charge in [0.1, 0.15) is 4.88 Å². The first-order chi connectivity index (χ1) is 10.8. The fourth-order valence-corrected chi connectivity index (χ4v) is 3.62. The van der Waals surface area contributed by atoms with E-state index >= 15 is 0 Å². The lowest BCUT2D eigenvalue weighted by Gasteiger charge is -2.22. The number of thiazole rings is 1. The van der Waals surface area contributed by atoms with E-state index in [4.69, 9.17) is 0 Å². The average molecular weight is 338 g/mol. The van der Waals surface area contributed by atoms with Crippen molar-refractivity contribution in [3.8, 4) is 0 Å². The van der Waals surface area contributed by atoms with E-state index in [1.54, 1.807) is 16.8 Å². The van der Waals surface area contributed by atoms with E-state index in [1.807, 2.05) is 13.8 Å². The molecule has 23 heavy (non-hydrogen) atoms. The third-order valence-electron chi connectivity index (χ3n) is 3.97. The second-order valence-corrected chi connectivity index (χ2v) is 6.88. The van der Waals surface area contributed by atoms with Crippen molar-refractivity contribution in [1.82, 2.24) is 20.1 Å². The topological polar surface area (TPSA) is 82.6 Å². The van der Waals surface area contributed by atoms with Gasteiger partial charge in [0, 0.05) is 40.2 Å². The Hall–Kier alpha value is -1.96. The molecule has 1 aliphatic heterocycles. The van der Waals surface area contributed by atoms with Crippen molar-refractivity contribution in [3.05, 3.63) is 15.6 Å². The van der Waals surface area contributed by atoms with Gasteiger partial charge in [-0.15, -0.1) is 11.3 Å². The fourth-order valence-electron chi connectivity index (χ4n) is 2.73. The minimum absolute atomic E-state index is 0.0852. The first-order valence-electron chi connectivity index (χ1n) is 7.54. The summed E-state index contributed by atoms with van der Waals surface area (Å²) < 4.78 is 0. The molecule has 2 heterocycles. The van der Waals surface area contributed by atoms with Crippen LogP contribution in [0.4, 0.5) is 0 Å². The molecule has 0 bridgehead atoms. The van der Waals surface area contributed by atoms with Crippen LogP contribution < -0.4 is 5.32 Å². The maximum Gasteiger partial charge on any atom is 0.265 e. The van der Waals surface area contributed by atoms with Crippen molar-refractivity contribution in [1.29, 1.82) is 0 Å². The molecule has 1 aliphatic rings. The van der Waals surface area contributed by atoms with Gasteiger partial charge >= 0.3 is 0 Å². The van der Waals surface area contributed by atoms with Gasteiger partial charge in [0.25, 0.3) is 5.91 Å². The molecule has 1 saturated heterocycles. The SMILES string of the molecule is CNC(=O)[C@H]1CN(C(C)=O)CCN(C(=O)c2sc(C)nc2C)C1. The molecule has 8 heteroatoms. The first kappa shape index (κ1) is 17.4. The summed E-state index contributed by atoms with van der Waals surface area (Å²) in [5, 5.41) is 3.45. The Morgan fingerprint density at radius 2 is 1.78 bits per heavy atom. The normalized spacial score (nSPS) is 18.5. The Morgan fingerprint density at radius 3 is 2.30 bits per heavy atom. The summed E-state index contributed by atoms with van der Waals surface area (Å²) in [7, 11) is 1.56. The zero-order valence-corrected chi connectivity index (χ0v) is 14.7. The molecule has 126 valence electrons. The maximum atomic E-state index is 12.8. The lowest BCUT2D eigenvalue weighted by molar-refractivity contribution is -0.130. The molecule has 0 saturated carbocycles. The summed E-state index contributed by atoms with van der Waals surface area (Å²) in [4.78, 5) is 44.7. The Balaban J connectivity index is 2.24. The average Bonchev–Trinajstić information content (AvgIpc) is 2.73. The molecule has 0 aromatic carbocycles. The Labute approximate surface area is 139 Å². The Bertz CT molecular complexity index is 628. The highest BCUT2D eigenvalue weighted by Gasteiger charge is 2.32. The highest BCUT2D eigenvalue weighted by atomic mass is 32.1. The van der Waals surface area contributed by atoms with Crippen molar-refractivity contribution >= 4 is 29.1 Å². The molecule has 0 radical (unpaired) electrons. The van der Waals surface area contributed by atoms with E-state index in [2.05, 4.69) is 10.3 Å². The summed E-state index contributed by atoms with van der Waals surface area (Å²) in [6.07, 6.45) is 0. The molecule has 7 nitrogen and oxygen atoms in total. The third-order valence-corrected chi connectivity index (χ3v) is 5.03.